The van der Waals surface area contributed by atoms with E-state index >= 15 is 0 Å². The van der Waals surface area contributed by atoms with Gasteiger partial charge in [-0.3, -0.25) is 0 Å². The zero-order chi connectivity index (χ0) is 32.1. The molecular formula is C40H54O5. The molecule has 5 heteroatoms. The predicted octanol–water partition coefficient (Wildman–Crippen LogP) is 11.4. The number of unbranched alkanes of at least 4 members (excludes halogenated alkanes) is 12. The highest BCUT2D eigenvalue weighted by atomic mass is 16.5. The second kappa shape index (κ2) is 21.2. The molecule has 1 atom stereocenters. The fraction of sp³-hybridized carbons (Fsp3) is 0.500. The van der Waals surface area contributed by atoms with Gasteiger partial charge in [0.1, 0.15) is 11.5 Å². The van der Waals surface area contributed by atoms with Crippen LogP contribution in [0.3, 0.4) is 0 Å². The van der Waals surface area contributed by atoms with E-state index in [2.05, 4.69) is 13.8 Å². The maximum atomic E-state index is 12.7. The van der Waals surface area contributed by atoms with E-state index < -0.39 is 5.97 Å². The Hall–Kier alpha value is -3.60. The third kappa shape index (κ3) is 13.9. The lowest BCUT2D eigenvalue weighted by Crippen LogP contribution is -2.15. The number of esters is 2. The zero-order valence-electron chi connectivity index (χ0n) is 27.9. The Balaban J connectivity index is 1.37. The van der Waals surface area contributed by atoms with Gasteiger partial charge in [-0.25, -0.2) is 9.59 Å². The van der Waals surface area contributed by atoms with Crippen molar-refractivity contribution in [2.45, 2.75) is 123 Å². The number of hydrogen-bond donors (Lipinski definition) is 0. The van der Waals surface area contributed by atoms with Crippen LogP contribution in [0.5, 0.6) is 11.5 Å². The number of benzene rings is 3. The van der Waals surface area contributed by atoms with E-state index in [-0.39, 0.29) is 12.1 Å². The Morgan fingerprint density at radius 1 is 0.533 bits per heavy atom. The van der Waals surface area contributed by atoms with Gasteiger partial charge < -0.3 is 14.2 Å². The van der Waals surface area contributed by atoms with Crippen molar-refractivity contribution in [1.82, 2.24) is 0 Å². The van der Waals surface area contributed by atoms with Crippen molar-refractivity contribution >= 4 is 11.9 Å². The Morgan fingerprint density at radius 2 is 0.978 bits per heavy atom. The molecule has 244 valence electrons. The van der Waals surface area contributed by atoms with Crippen molar-refractivity contribution < 1.29 is 23.8 Å². The lowest BCUT2D eigenvalue weighted by Gasteiger charge is -2.13. The Kier molecular flexibility index (Phi) is 16.9. The molecule has 3 aromatic carbocycles. The molecule has 0 N–H and O–H groups in total. The quantitative estimate of drug-likeness (QED) is 0.0640. The first-order chi connectivity index (χ1) is 22.0. The minimum absolute atomic E-state index is 0.125. The van der Waals surface area contributed by atoms with Crippen molar-refractivity contribution in [3.05, 3.63) is 83.9 Å². The maximum Gasteiger partial charge on any atom is 0.343 e. The minimum atomic E-state index is -0.451. The summed E-state index contributed by atoms with van der Waals surface area (Å²) in [4.78, 5) is 25.2. The smallest absolute Gasteiger partial charge is 0.343 e. The van der Waals surface area contributed by atoms with Crippen molar-refractivity contribution in [1.29, 1.82) is 0 Å². The Labute approximate surface area is 271 Å². The third-order valence-electron chi connectivity index (χ3n) is 8.15. The molecule has 0 radical (unpaired) electrons. The van der Waals surface area contributed by atoms with Gasteiger partial charge in [0, 0.05) is 0 Å². The number of carbonyl (C=O) groups excluding carboxylic acids is 2. The summed E-state index contributed by atoms with van der Waals surface area (Å²) in [6, 6.07) is 21.9. The van der Waals surface area contributed by atoms with E-state index in [0.29, 0.717) is 16.9 Å². The molecule has 5 nitrogen and oxygen atoms in total. The second-order valence-electron chi connectivity index (χ2n) is 12.1. The molecule has 0 aliphatic rings. The predicted molar refractivity (Wildman–Crippen MR) is 184 cm³/mol. The van der Waals surface area contributed by atoms with E-state index in [0.717, 1.165) is 49.2 Å². The summed E-state index contributed by atoms with van der Waals surface area (Å²) in [5, 5.41) is 0. The van der Waals surface area contributed by atoms with Crippen molar-refractivity contribution in [3.8, 4) is 22.6 Å². The molecule has 0 aliphatic heterocycles. The van der Waals surface area contributed by atoms with Crippen LogP contribution in [0.4, 0.5) is 0 Å². The van der Waals surface area contributed by atoms with Crippen molar-refractivity contribution in [2.75, 3.05) is 6.61 Å². The van der Waals surface area contributed by atoms with Crippen LogP contribution in [0.2, 0.25) is 0 Å². The van der Waals surface area contributed by atoms with Crippen LogP contribution in [0, 0.1) is 0 Å². The molecule has 0 unspecified atom stereocenters. The van der Waals surface area contributed by atoms with Crippen LogP contribution in [0.25, 0.3) is 11.1 Å². The Bertz CT molecular complexity index is 1230. The van der Waals surface area contributed by atoms with Crippen molar-refractivity contribution in [2.24, 2.45) is 0 Å². The van der Waals surface area contributed by atoms with Crippen LogP contribution < -0.4 is 9.47 Å². The molecule has 0 aliphatic carbocycles. The van der Waals surface area contributed by atoms with Crippen molar-refractivity contribution in [3.63, 3.8) is 0 Å². The average Bonchev–Trinajstić information content (AvgIpc) is 3.06. The highest BCUT2D eigenvalue weighted by molar-refractivity contribution is 5.92. The van der Waals surface area contributed by atoms with Crippen LogP contribution >= 0.6 is 0 Å². The molecule has 0 bridgehead atoms. The molecule has 3 rings (SSSR count). The highest BCUT2D eigenvalue weighted by Gasteiger charge is 2.14. The van der Waals surface area contributed by atoms with E-state index in [1.54, 1.807) is 36.4 Å². The molecule has 0 spiro atoms. The second-order valence-corrected chi connectivity index (χ2v) is 12.1. The summed E-state index contributed by atoms with van der Waals surface area (Å²) in [5.74, 6) is 0.446. The summed E-state index contributed by atoms with van der Waals surface area (Å²) < 4.78 is 17.0. The topological polar surface area (TPSA) is 61.8 Å². The van der Waals surface area contributed by atoms with E-state index in [1.807, 2.05) is 43.3 Å². The van der Waals surface area contributed by atoms with Crippen LogP contribution in [-0.2, 0) is 4.74 Å². The van der Waals surface area contributed by atoms with E-state index in [4.69, 9.17) is 14.2 Å². The molecule has 0 saturated carbocycles. The average molecular weight is 615 g/mol. The third-order valence-corrected chi connectivity index (χ3v) is 8.15. The number of rotatable bonds is 22. The number of hydrogen-bond acceptors (Lipinski definition) is 5. The van der Waals surface area contributed by atoms with Crippen LogP contribution in [0.1, 0.15) is 138 Å². The minimum Gasteiger partial charge on any atom is -0.494 e. The zero-order valence-corrected chi connectivity index (χ0v) is 27.9. The van der Waals surface area contributed by atoms with Gasteiger partial charge in [-0.05, 0) is 85.8 Å². The molecule has 0 heterocycles. The molecule has 0 aromatic heterocycles. The summed E-state index contributed by atoms with van der Waals surface area (Å²) in [5.41, 5.74) is 2.96. The van der Waals surface area contributed by atoms with Crippen LogP contribution in [-0.4, -0.2) is 24.6 Å². The van der Waals surface area contributed by atoms with Gasteiger partial charge in [0.25, 0.3) is 0 Å². The lowest BCUT2D eigenvalue weighted by molar-refractivity contribution is 0.0319. The molecule has 0 amide bonds. The van der Waals surface area contributed by atoms with Gasteiger partial charge in [-0.1, -0.05) is 115 Å². The summed E-state index contributed by atoms with van der Waals surface area (Å²) in [7, 11) is 0. The molecular weight excluding hydrogens is 560 g/mol. The molecule has 45 heavy (non-hydrogen) atoms. The maximum absolute atomic E-state index is 12.7. The SMILES string of the molecule is CCCCCCCCCCCCOc1ccc(-c2ccc(C(=O)Oc3ccc(C(=O)O[C@H](C)CCCCCC)cc3)cc2)cc1. The summed E-state index contributed by atoms with van der Waals surface area (Å²) in [6.07, 6.45) is 18.5. The number of ether oxygens (including phenoxy) is 3. The standard InChI is InChI=1S/C40H54O5/c1-4-6-8-10-11-12-13-14-15-17-31-43-37-27-23-34(24-28-37)33-19-21-35(22-20-33)40(42)45-38-29-25-36(26-30-38)39(41)44-32(3)18-16-9-7-5-2/h19-30,32H,4-18,31H2,1-3H3/t32-/m1/s1. The molecule has 3 aromatic rings. The summed E-state index contributed by atoms with van der Waals surface area (Å²) in [6.45, 7) is 7.11. The largest absolute Gasteiger partial charge is 0.494 e. The fourth-order valence-corrected chi connectivity index (χ4v) is 5.32. The van der Waals surface area contributed by atoms with Crippen LogP contribution in [0.15, 0.2) is 72.8 Å². The van der Waals surface area contributed by atoms with Gasteiger partial charge in [0.05, 0.1) is 23.8 Å². The van der Waals surface area contributed by atoms with Gasteiger partial charge in [0.2, 0.25) is 0 Å². The van der Waals surface area contributed by atoms with E-state index in [9.17, 15) is 9.59 Å². The van der Waals surface area contributed by atoms with Gasteiger partial charge in [0.15, 0.2) is 0 Å². The van der Waals surface area contributed by atoms with E-state index in [1.165, 1.54) is 70.6 Å². The van der Waals surface area contributed by atoms with Gasteiger partial charge in [-0.15, -0.1) is 0 Å². The van der Waals surface area contributed by atoms with Gasteiger partial charge in [-0.2, -0.15) is 0 Å². The fourth-order valence-electron chi connectivity index (χ4n) is 5.32. The Morgan fingerprint density at radius 3 is 1.56 bits per heavy atom. The summed E-state index contributed by atoms with van der Waals surface area (Å²) >= 11 is 0. The lowest BCUT2D eigenvalue weighted by atomic mass is 10.0. The highest BCUT2D eigenvalue weighted by Crippen LogP contribution is 2.24. The van der Waals surface area contributed by atoms with Gasteiger partial charge >= 0.3 is 11.9 Å². The first kappa shape index (κ1) is 35.9. The number of carbonyl (C=O) groups is 2. The first-order valence-electron chi connectivity index (χ1n) is 17.4. The normalized spacial score (nSPS) is 11.6. The monoisotopic (exact) mass is 614 g/mol. The molecule has 0 saturated heterocycles. The first-order valence-corrected chi connectivity index (χ1v) is 17.4. The molecule has 0 fully saturated rings.